The average Bonchev–Trinajstić information content (AvgIpc) is 3.84. The lowest BCUT2D eigenvalue weighted by molar-refractivity contribution is -0.224. The van der Waals surface area contributed by atoms with Crippen LogP contribution in [0.25, 0.3) is 33.5 Å². The number of H-pyrrole nitrogens is 1. The number of nitrogens with zero attached hydrogens (tertiary/aromatic N) is 6. The van der Waals surface area contributed by atoms with Crippen LogP contribution in [0.15, 0.2) is 73.1 Å². The molecule has 3 heterocycles. The quantitative estimate of drug-likeness (QED) is 0.141. The molecule has 0 radical (unpaired) electrons. The number of benzene rings is 2. The Morgan fingerprint density at radius 1 is 1.13 bits per heavy atom. The van der Waals surface area contributed by atoms with Gasteiger partial charge in [-0.15, -0.1) is 10.2 Å². The summed E-state index contributed by atoms with van der Waals surface area (Å²) in [6, 6.07) is 12.4. The molecule has 232 valence electrons. The lowest BCUT2D eigenvalue weighted by atomic mass is 9.86. The minimum atomic E-state index is -1.50. The molecule has 1 saturated heterocycles. The largest absolute Gasteiger partial charge is 0.480 e. The van der Waals surface area contributed by atoms with Crippen LogP contribution in [-0.2, 0) is 14.4 Å². The monoisotopic (exact) mass is 625 g/mol. The molecular weight excluding hydrogens is 590 g/mol. The second-order valence-electron chi connectivity index (χ2n) is 11.5. The van der Waals surface area contributed by atoms with Gasteiger partial charge in [0.05, 0.1) is 23.4 Å². The van der Waals surface area contributed by atoms with Gasteiger partial charge in [-0.05, 0) is 72.0 Å². The summed E-state index contributed by atoms with van der Waals surface area (Å²) in [5, 5.41) is 25.8. The van der Waals surface area contributed by atoms with Crippen molar-refractivity contribution in [2.75, 3.05) is 6.54 Å². The van der Waals surface area contributed by atoms with E-state index in [2.05, 4.69) is 27.5 Å². The Balaban J connectivity index is 1.38. The van der Waals surface area contributed by atoms with Crippen LogP contribution in [-0.4, -0.2) is 75.1 Å². The van der Waals surface area contributed by atoms with Gasteiger partial charge in [0.1, 0.15) is 6.04 Å². The van der Waals surface area contributed by atoms with Crippen LogP contribution in [0.1, 0.15) is 57.9 Å². The first-order valence-corrected chi connectivity index (χ1v) is 15.8. The highest BCUT2D eigenvalue weighted by Crippen LogP contribution is 2.36. The van der Waals surface area contributed by atoms with Gasteiger partial charge in [0.2, 0.25) is 5.82 Å². The molecule has 1 aliphatic carbocycles. The van der Waals surface area contributed by atoms with Crippen molar-refractivity contribution in [2.24, 2.45) is 0 Å². The lowest BCUT2D eigenvalue weighted by Gasteiger charge is -2.36. The first-order chi connectivity index (χ1) is 21.9. The molecular formula is C33H35N7O4S. The lowest BCUT2D eigenvalue weighted by Crippen LogP contribution is -2.50. The molecule has 1 unspecified atom stereocenters. The number of carboxylic acids is 1. The average molecular weight is 626 g/mol. The van der Waals surface area contributed by atoms with Gasteiger partial charge < -0.3 is 9.67 Å². The number of fused-ring (bicyclic) bond motifs is 1. The Morgan fingerprint density at radius 2 is 1.93 bits per heavy atom. The highest BCUT2D eigenvalue weighted by Gasteiger charge is 2.46. The molecule has 0 saturated carbocycles. The molecule has 2 aliphatic rings. The van der Waals surface area contributed by atoms with E-state index in [1.807, 2.05) is 47.0 Å². The third-order valence-electron chi connectivity index (χ3n) is 8.50. The number of tetrazole rings is 1. The van der Waals surface area contributed by atoms with E-state index in [9.17, 15) is 14.7 Å². The summed E-state index contributed by atoms with van der Waals surface area (Å²) in [5.41, 5.74) is 2.74. The van der Waals surface area contributed by atoms with Crippen molar-refractivity contribution in [1.29, 1.82) is 0 Å². The summed E-state index contributed by atoms with van der Waals surface area (Å²) in [6.45, 7) is 2.57. The zero-order valence-corrected chi connectivity index (χ0v) is 25.8. The fourth-order valence-corrected chi connectivity index (χ4v) is 6.29. The molecule has 0 amide bonds. The van der Waals surface area contributed by atoms with E-state index < -0.39 is 23.7 Å². The van der Waals surface area contributed by atoms with E-state index in [0.717, 1.165) is 53.4 Å². The highest BCUT2D eigenvalue weighted by molar-refractivity contribution is 7.81. The minimum absolute atomic E-state index is 0.198. The number of hydroxylamine groups is 2. The van der Waals surface area contributed by atoms with Crippen LogP contribution in [0.2, 0.25) is 0 Å². The second kappa shape index (κ2) is 13.3. The first kappa shape index (κ1) is 30.6. The summed E-state index contributed by atoms with van der Waals surface area (Å²) in [5.74, 6) is -0.672. The second-order valence-corrected chi connectivity index (χ2v) is 11.9. The third kappa shape index (κ3) is 6.26. The van der Waals surface area contributed by atoms with E-state index in [-0.39, 0.29) is 5.78 Å². The molecule has 6 rings (SSSR count). The van der Waals surface area contributed by atoms with E-state index in [0.29, 0.717) is 36.5 Å². The van der Waals surface area contributed by atoms with Gasteiger partial charge in [0, 0.05) is 17.0 Å². The zero-order chi connectivity index (χ0) is 31.4. The van der Waals surface area contributed by atoms with Crippen molar-refractivity contribution < 1.29 is 19.5 Å². The number of Topliss-reactive ketones (excluding diaryl/α,β-unsaturated/α-hetero) is 1. The molecule has 2 N–H and O–H groups in total. The Bertz CT molecular complexity index is 1750. The van der Waals surface area contributed by atoms with Gasteiger partial charge in [0.15, 0.2) is 11.4 Å². The molecule has 45 heavy (non-hydrogen) atoms. The van der Waals surface area contributed by atoms with Gasteiger partial charge in [-0.2, -0.15) is 10.3 Å². The summed E-state index contributed by atoms with van der Waals surface area (Å²) in [7, 11) is 0. The fraction of sp³-hybridized carbons (Fsp3) is 0.364. The van der Waals surface area contributed by atoms with Crippen molar-refractivity contribution in [3.63, 3.8) is 0 Å². The normalized spacial score (nSPS) is 18.5. The van der Waals surface area contributed by atoms with Crippen LogP contribution in [0.3, 0.4) is 0 Å². The van der Waals surface area contributed by atoms with Crippen LogP contribution in [0.4, 0.5) is 0 Å². The first-order valence-electron chi connectivity index (χ1n) is 15.4. The molecule has 2 aromatic heterocycles. The summed E-state index contributed by atoms with van der Waals surface area (Å²) in [4.78, 5) is 38.4. The number of allylic oxidation sites excluding steroid dienone is 2. The maximum absolute atomic E-state index is 14.7. The topological polar surface area (TPSA) is 139 Å². The zero-order valence-electron chi connectivity index (χ0n) is 25.0. The van der Waals surface area contributed by atoms with Crippen LogP contribution >= 0.6 is 12.2 Å². The Hall–Kier alpha value is -4.39. The summed E-state index contributed by atoms with van der Waals surface area (Å²) in [6.07, 6.45) is 14.1. The molecule has 1 fully saturated rings. The fourth-order valence-electron chi connectivity index (χ4n) is 6.16. The number of aromatic nitrogens is 6. The summed E-state index contributed by atoms with van der Waals surface area (Å²) >= 11 is 5.36. The van der Waals surface area contributed by atoms with Gasteiger partial charge in [0.25, 0.3) is 0 Å². The van der Waals surface area contributed by atoms with Gasteiger partial charge in [-0.25, -0.2) is 4.98 Å². The Morgan fingerprint density at radius 3 is 2.67 bits per heavy atom. The van der Waals surface area contributed by atoms with Crippen LogP contribution in [0, 0.1) is 0 Å². The standard InChI is InChI=1S/C33H35N7O4S/c1-2-3-4-5-11-28(30(41)33(17-15-23(45)16-18-33)44-40-19-8-12-29(40)32(42)43)39-21-34-26-20-22(13-14-27(26)39)24-9-6-7-10-25(24)31-35-37-38-36-31/h6-7,9-10,13-18,20-21,28-29H,2-5,8,11-12,19H2,1H3,(H,42,43)(H,35,36,37,38)/t28?,29-/m0/s1. The molecule has 12 heteroatoms. The number of hydrogen-bond donors (Lipinski definition) is 2. The predicted octanol–water partition coefficient (Wildman–Crippen LogP) is 5.68. The number of unbranched alkanes of at least 4 members (excludes halogenated alkanes) is 3. The maximum atomic E-state index is 14.7. The smallest absolute Gasteiger partial charge is 0.323 e. The van der Waals surface area contributed by atoms with E-state index in [1.165, 1.54) is 5.06 Å². The summed E-state index contributed by atoms with van der Waals surface area (Å²) < 4.78 is 1.93. The third-order valence-corrected chi connectivity index (χ3v) is 8.77. The van der Waals surface area contributed by atoms with Crippen molar-refractivity contribution in [3.8, 4) is 22.5 Å². The predicted molar refractivity (Wildman–Crippen MR) is 173 cm³/mol. The molecule has 0 spiro atoms. The molecule has 4 aromatic rings. The van der Waals surface area contributed by atoms with Crippen molar-refractivity contribution in [3.05, 3.63) is 73.1 Å². The van der Waals surface area contributed by atoms with Crippen molar-refractivity contribution in [1.82, 2.24) is 35.2 Å². The van der Waals surface area contributed by atoms with Crippen LogP contribution < -0.4 is 0 Å². The number of hydrogen-bond acceptors (Lipinski definition) is 9. The van der Waals surface area contributed by atoms with Gasteiger partial charge in [-0.1, -0.05) is 75.2 Å². The van der Waals surface area contributed by atoms with Crippen molar-refractivity contribution >= 4 is 39.9 Å². The Labute approximate surface area is 265 Å². The van der Waals surface area contributed by atoms with Gasteiger partial charge >= 0.3 is 5.97 Å². The Kier molecular flexibility index (Phi) is 9.06. The van der Waals surface area contributed by atoms with E-state index >= 15 is 0 Å². The number of carbonyl (C=O) groups excluding carboxylic acids is 1. The molecule has 0 bridgehead atoms. The number of thiocarbonyl (C=S) groups is 1. The van der Waals surface area contributed by atoms with Crippen LogP contribution in [0.5, 0.6) is 0 Å². The number of nitrogens with one attached hydrogen (secondary N) is 1. The molecule has 1 aliphatic heterocycles. The molecule has 2 aromatic carbocycles. The number of aromatic amines is 1. The number of ketones is 1. The van der Waals surface area contributed by atoms with Crippen molar-refractivity contribution in [2.45, 2.75) is 69.6 Å². The molecule has 11 nitrogen and oxygen atoms in total. The number of imidazole rings is 1. The number of rotatable bonds is 13. The maximum Gasteiger partial charge on any atom is 0.323 e. The van der Waals surface area contributed by atoms with E-state index in [4.69, 9.17) is 22.0 Å². The highest BCUT2D eigenvalue weighted by atomic mass is 32.1. The number of carboxylic acid groups (broad SMARTS) is 1. The SMILES string of the molecule is CCCCCCC(C(=O)C1(ON2CCC[C@H]2C(=O)O)C=CC(=S)C=C1)n1cnc2cc(-c3ccccc3-c3nn[nH]n3)ccc21. The van der Waals surface area contributed by atoms with Gasteiger partial charge in [-0.3, -0.25) is 14.4 Å². The molecule has 2 atom stereocenters. The van der Waals surface area contributed by atoms with E-state index in [1.54, 1.807) is 30.6 Å². The number of aliphatic carboxylic acids is 1. The number of carbonyl (C=O) groups is 2. The minimum Gasteiger partial charge on any atom is -0.480 e.